The molecule has 5 heteroatoms. The second kappa shape index (κ2) is 21.6. The lowest BCUT2D eigenvalue weighted by Crippen LogP contribution is -2.28. The third kappa shape index (κ3) is 19.9. The second-order valence-corrected chi connectivity index (χ2v) is 8.65. The summed E-state index contributed by atoms with van der Waals surface area (Å²) in [6.07, 6.45) is 26.0. The van der Waals surface area contributed by atoms with Crippen molar-refractivity contribution in [1.29, 1.82) is 0 Å². The molecule has 0 fully saturated rings. The van der Waals surface area contributed by atoms with E-state index >= 15 is 0 Å². The van der Waals surface area contributed by atoms with Gasteiger partial charge in [-0.25, -0.2) is 4.79 Å². The number of hydrogen-bond donors (Lipinski definition) is 1. The van der Waals surface area contributed by atoms with Crippen molar-refractivity contribution >= 4 is 5.97 Å². The fraction of sp³-hybridized carbons (Fsp3) is 0.958. The van der Waals surface area contributed by atoms with Crippen molar-refractivity contribution in [3.05, 3.63) is 10.1 Å². The quantitative estimate of drug-likeness (QED) is 0.105. The molecule has 0 aromatic carbocycles. The van der Waals surface area contributed by atoms with Crippen LogP contribution < -0.4 is 0 Å². The topological polar surface area (TPSA) is 80.4 Å². The summed E-state index contributed by atoms with van der Waals surface area (Å²) < 4.78 is 0. The zero-order chi connectivity index (χ0) is 21.6. The summed E-state index contributed by atoms with van der Waals surface area (Å²) in [6, 6.07) is -1.43. The van der Waals surface area contributed by atoms with Gasteiger partial charge in [-0.3, -0.25) is 10.1 Å². The van der Waals surface area contributed by atoms with Crippen molar-refractivity contribution in [3.63, 3.8) is 0 Å². The minimum absolute atomic E-state index is 0.154. The van der Waals surface area contributed by atoms with Gasteiger partial charge in [-0.2, -0.15) is 0 Å². The largest absolute Gasteiger partial charge is 0.476 e. The highest BCUT2D eigenvalue weighted by molar-refractivity contribution is 5.71. The van der Waals surface area contributed by atoms with E-state index in [1.165, 1.54) is 103 Å². The lowest BCUT2D eigenvalue weighted by Gasteiger charge is -2.05. The third-order valence-corrected chi connectivity index (χ3v) is 5.87. The van der Waals surface area contributed by atoms with Crippen LogP contribution in [0.2, 0.25) is 0 Å². The molecule has 0 bridgehead atoms. The summed E-state index contributed by atoms with van der Waals surface area (Å²) in [5, 5.41) is 19.4. The van der Waals surface area contributed by atoms with Crippen molar-refractivity contribution < 1.29 is 14.8 Å². The Bertz CT molecular complexity index is 373. The highest BCUT2D eigenvalue weighted by Crippen LogP contribution is 2.15. The molecule has 0 radical (unpaired) electrons. The van der Waals surface area contributed by atoms with Crippen molar-refractivity contribution in [2.24, 2.45) is 0 Å². The number of carboxylic acid groups (broad SMARTS) is 1. The highest BCUT2D eigenvalue weighted by atomic mass is 16.6. The van der Waals surface area contributed by atoms with E-state index in [-0.39, 0.29) is 6.42 Å². The minimum atomic E-state index is -1.43. The maximum atomic E-state index is 10.7. The van der Waals surface area contributed by atoms with E-state index in [0.29, 0.717) is 6.42 Å². The molecular weight excluding hydrogens is 366 g/mol. The molecule has 0 spiro atoms. The number of carbonyl (C=O) groups is 1. The first kappa shape index (κ1) is 27.9. The summed E-state index contributed by atoms with van der Waals surface area (Å²) in [5.74, 6) is -1.31. The summed E-state index contributed by atoms with van der Waals surface area (Å²) in [5.41, 5.74) is 0. The Morgan fingerprint density at radius 1 is 0.655 bits per heavy atom. The van der Waals surface area contributed by atoms with E-state index < -0.39 is 16.9 Å². The van der Waals surface area contributed by atoms with E-state index in [1.54, 1.807) is 0 Å². The summed E-state index contributed by atoms with van der Waals surface area (Å²) in [4.78, 5) is 20.6. The molecular formula is C24H47NO4. The first-order chi connectivity index (χ1) is 14.1. The van der Waals surface area contributed by atoms with Crippen molar-refractivity contribution in [2.45, 2.75) is 148 Å². The molecule has 0 rings (SSSR count). The zero-order valence-corrected chi connectivity index (χ0v) is 19.0. The molecule has 0 aromatic heterocycles. The number of nitrogens with zero attached hydrogens (tertiary/aromatic N) is 1. The van der Waals surface area contributed by atoms with Crippen LogP contribution >= 0.6 is 0 Å². The zero-order valence-electron chi connectivity index (χ0n) is 19.0. The molecule has 0 aliphatic heterocycles. The molecule has 0 aliphatic carbocycles. The van der Waals surface area contributed by atoms with Gasteiger partial charge in [-0.15, -0.1) is 0 Å². The van der Waals surface area contributed by atoms with Gasteiger partial charge >= 0.3 is 12.0 Å². The average molecular weight is 414 g/mol. The van der Waals surface area contributed by atoms with Gasteiger partial charge in [0.25, 0.3) is 0 Å². The van der Waals surface area contributed by atoms with Gasteiger partial charge in [0.2, 0.25) is 0 Å². The molecule has 0 saturated heterocycles. The SMILES string of the molecule is CCCCCCCCCCCCCCCCCCCCCCC(C(=O)O)[N+](=O)[O-]. The maximum absolute atomic E-state index is 10.7. The summed E-state index contributed by atoms with van der Waals surface area (Å²) in [6.45, 7) is 2.27. The minimum Gasteiger partial charge on any atom is -0.476 e. The van der Waals surface area contributed by atoms with Gasteiger partial charge in [-0.05, 0) is 6.42 Å². The van der Waals surface area contributed by atoms with Crippen molar-refractivity contribution in [2.75, 3.05) is 0 Å². The fourth-order valence-electron chi connectivity index (χ4n) is 3.91. The number of carboxylic acids is 1. The number of rotatable bonds is 23. The predicted molar refractivity (Wildman–Crippen MR) is 121 cm³/mol. The molecule has 0 amide bonds. The van der Waals surface area contributed by atoms with Gasteiger partial charge in [0.05, 0.1) is 0 Å². The van der Waals surface area contributed by atoms with Crippen molar-refractivity contribution in [1.82, 2.24) is 0 Å². The lowest BCUT2D eigenvalue weighted by molar-refractivity contribution is -0.511. The van der Waals surface area contributed by atoms with Crippen LogP contribution in [0.25, 0.3) is 0 Å². The average Bonchev–Trinajstić information content (AvgIpc) is 2.68. The van der Waals surface area contributed by atoms with E-state index in [1.807, 2.05) is 0 Å². The van der Waals surface area contributed by atoms with Crippen LogP contribution in [0.3, 0.4) is 0 Å². The van der Waals surface area contributed by atoms with Crippen molar-refractivity contribution in [3.8, 4) is 0 Å². The normalized spacial score (nSPS) is 12.2. The van der Waals surface area contributed by atoms with Crippen LogP contribution in [0.4, 0.5) is 0 Å². The van der Waals surface area contributed by atoms with Gasteiger partial charge in [0, 0.05) is 11.3 Å². The van der Waals surface area contributed by atoms with E-state index in [2.05, 4.69) is 6.92 Å². The molecule has 0 aromatic rings. The Labute approximate surface area is 179 Å². The molecule has 0 aliphatic rings. The molecule has 172 valence electrons. The second-order valence-electron chi connectivity index (χ2n) is 8.65. The van der Waals surface area contributed by atoms with E-state index in [0.717, 1.165) is 19.3 Å². The lowest BCUT2D eigenvalue weighted by atomic mass is 10.0. The van der Waals surface area contributed by atoms with Crippen LogP contribution in [0.1, 0.15) is 142 Å². The fourth-order valence-corrected chi connectivity index (χ4v) is 3.91. The Balaban J connectivity index is 3.17. The molecule has 0 heterocycles. The van der Waals surface area contributed by atoms with Crippen LogP contribution in [-0.2, 0) is 4.79 Å². The molecule has 5 nitrogen and oxygen atoms in total. The Morgan fingerprint density at radius 3 is 1.17 bits per heavy atom. The Hall–Kier alpha value is -1.13. The van der Waals surface area contributed by atoms with Gasteiger partial charge in [-0.1, -0.05) is 129 Å². The molecule has 0 saturated carbocycles. The molecule has 1 unspecified atom stereocenters. The Morgan fingerprint density at radius 2 is 0.931 bits per heavy atom. The highest BCUT2D eigenvalue weighted by Gasteiger charge is 2.27. The predicted octanol–water partition coefficient (Wildman–Crippen LogP) is 7.93. The van der Waals surface area contributed by atoms with Gasteiger partial charge < -0.3 is 5.11 Å². The van der Waals surface area contributed by atoms with Crippen LogP contribution in [0.5, 0.6) is 0 Å². The van der Waals surface area contributed by atoms with E-state index in [4.69, 9.17) is 5.11 Å². The van der Waals surface area contributed by atoms with E-state index in [9.17, 15) is 14.9 Å². The first-order valence-electron chi connectivity index (χ1n) is 12.5. The number of aliphatic carboxylic acids is 1. The monoisotopic (exact) mass is 413 g/mol. The molecule has 29 heavy (non-hydrogen) atoms. The van der Waals surface area contributed by atoms with Crippen LogP contribution in [-0.4, -0.2) is 22.0 Å². The van der Waals surface area contributed by atoms with Crippen LogP contribution in [0.15, 0.2) is 0 Å². The molecule has 1 atom stereocenters. The number of unbranched alkanes of at least 4 members (excludes halogenated alkanes) is 19. The maximum Gasteiger partial charge on any atom is 0.379 e. The molecule has 1 N–H and O–H groups in total. The van der Waals surface area contributed by atoms with Gasteiger partial charge in [0.1, 0.15) is 0 Å². The third-order valence-electron chi connectivity index (χ3n) is 5.87. The smallest absolute Gasteiger partial charge is 0.379 e. The number of nitro groups is 1. The number of hydrogen-bond acceptors (Lipinski definition) is 3. The van der Waals surface area contributed by atoms with Crippen LogP contribution in [0, 0.1) is 10.1 Å². The van der Waals surface area contributed by atoms with Gasteiger partial charge in [0.15, 0.2) is 0 Å². The standard InChI is InChI=1S/C24H47NO4/c1-2-3-4-5-6-7-8-9-10-11-12-13-14-15-16-17-18-19-20-21-22-23(24(26)27)25(28)29/h23H,2-22H2,1H3,(H,26,27). The summed E-state index contributed by atoms with van der Waals surface area (Å²) in [7, 11) is 0. The first-order valence-corrected chi connectivity index (χ1v) is 12.5. The Kier molecular flexibility index (Phi) is 20.7. The summed E-state index contributed by atoms with van der Waals surface area (Å²) >= 11 is 0.